The molecular weight excluding hydrogens is 185 g/mol. The molecule has 76 valence electrons. The summed E-state index contributed by atoms with van der Waals surface area (Å²) in [5.74, 6) is -0.765. The molecule has 1 unspecified atom stereocenters. The summed E-state index contributed by atoms with van der Waals surface area (Å²) in [6.07, 6.45) is -0.335. The number of carbonyl (C=O) groups is 1. The van der Waals surface area contributed by atoms with Gasteiger partial charge >= 0.3 is 0 Å². The molecule has 0 aromatic heterocycles. The monoisotopic (exact) mass is 197 g/mol. The number of ether oxygens (including phenoxy) is 1. The van der Waals surface area contributed by atoms with E-state index in [0.717, 1.165) is 0 Å². The number of carbonyl (C=O) groups excluding carboxylic acids is 1. The average molecular weight is 197 g/mol. The fourth-order valence-electron chi connectivity index (χ4n) is 1.08. The van der Waals surface area contributed by atoms with E-state index in [4.69, 9.17) is 10.5 Å². The van der Waals surface area contributed by atoms with E-state index < -0.39 is 17.8 Å². The third-order valence-corrected chi connectivity index (χ3v) is 1.65. The van der Waals surface area contributed by atoms with Crippen molar-refractivity contribution in [3.05, 3.63) is 30.1 Å². The second kappa shape index (κ2) is 4.60. The summed E-state index contributed by atoms with van der Waals surface area (Å²) in [6, 6.07) is 6.04. The zero-order valence-corrected chi connectivity index (χ0v) is 7.87. The molecule has 1 amide bonds. The first-order chi connectivity index (χ1) is 6.59. The lowest BCUT2D eigenvalue weighted by atomic mass is 10.2. The number of rotatable bonds is 4. The summed E-state index contributed by atoms with van der Waals surface area (Å²) >= 11 is 0. The number of hydrogen-bond donors (Lipinski definition) is 1. The molecule has 1 atom stereocenters. The number of benzene rings is 1. The summed E-state index contributed by atoms with van der Waals surface area (Å²) in [5.41, 5.74) is 4.97. The van der Waals surface area contributed by atoms with Crippen LogP contribution >= 0.6 is 0 Å². The van der Waals surface area contributed by atoms with E-state index in [-0.39, 0.29) is 12.2 Å². The van der Waals surface area contributed by atoms with Crippen LogP contribution in [0.25, 0.3) is 0 Å². The van der Waals surface area contributed by atoms with Crippen LogP contribution in [-0.2, 0) is 4.79 Å². The molecule has 0 saturated heterocycles. The first kappa shape index (κ1) is 10.5. The first-order valence-corrected chi connectivity index (χ1v) is 4.29. The molecular formula is C10H12FNO2. The largest absolute Gasteiger partial charge is 0.487 e. The molecule has 0 spiro atoms. The van der Waals surface area contributed by atoms with Crippen molar-refractivity contribution in [2.75, 3.05) is 0 Å². The Morgan fingerprint density at radius 2 is 2.21 bits per heavy atom. The number of halogens is 1. The highest BCUT2D eigenvalue weighted by atomic mass is 19.1. The van der Waals surface area contributed by atoms with E-state index in [9.17, 15) is 9.18 Å². The van der Waals surface area contributed by atoms with Crippen LogP contribution in [0.1, 0.15) is 13.3 Å². The molecule has 0 aliphatic rings. The summed E-state index contributed by atoms with van der Waals surface area (Å²) in [6.45, 7) is 1.66. The minimum Gasteiger partial charge on any atom is -0.487 e. The van der Waals surface area contributed by atoms with Gasteiger partial charge in [0, 0.05) is 0 Å². The molecule has 1 rings (SSSR count). The van der Waals surface area contributed by atoms with Crippen molar-refractivity contribution in [1.82, 2.24) is 0 Å². The molecule has 1 aromatic carbocycles. The van der Waals surface area contributed by atoms with Gasteiger partial charge in [0.2, 0.25) is 5.91 Å². The molecule has 0 saturated carbocycles. The van der Waals surface area contributed by atoms with Crippen molar-refractivity contribution in [3.63, 3.8) is 0 Å². The summed E-state index contributed by atoms with van der Waals surface area (Å²) in [4.78, 5) is 10.5. The van der Waals surface area contributed by atoms with E-state index in [2.05, 4.69) is 0 Å². The smallest absolute Gasteiger partial charge is 0.221 e. The van der Waals surface area contributed by atoms with Gasteiger partial charge in [0.1, 0.15) is 6.10 Å². The lowest BCUT2D eigenvalue weighted by Gasteiger charge is -2.13. The molecule has 14 heavy (non-hydrogen) atoms. The summed E-state index contributed by atoms with van der Waals surface area (Å²) in [7, 11) is 0. The normalized spacial score (nSPS) is 12.1. The van der Waals surface area contributed by atoms with Gasteiger partial charge in [-0.1, -0.05) is 12.1 Å². The second-order valence-corrected chi connectivity index (χ2v) is 3.03. The molecule has 0 bridgehead atoms. The van der Waals surface area contributed by atoms with Crippen LogP contribution in [0.2, 0.25) is 0 Å². The summed E-state index contributed by atoms with van der Waals surface area (Å²) < 4.78 is 18.2. The average Bonchev–Trinajstić information content (AvgIpc) is 2.07. The van der Waals surface area contributed by atoms with Gasteiger partial charge in [-0.3, -0.25) is 4.79 Å². The van der Waals surface area contributed by atoms with Gasteiger partial charge in [0.05, 0.1) is 6.42 Å². The van der Waals surface area contributed by atoms with Gasteiger partial charge < -0.3 is 10.5 Å². The van der Waals surface area contributed by atoms with Crippen LogP contribution in [0, 0.1) is 5.82 Å². The maximum absolute atomic E-state index is 13.0. The minimum absolute atomic E-state index is 0.0777. The fourth-order valence-corrected chi connectivity index (χ4v) is 1.08. The van der Waals surface area contributed by atoms with Gasteiger partial charge in [-0.05, 0) is 19.1 Å². The van der Waals surface area contributed by atoms with Gasteiger partial charge in [-0.2, -0.15) is 0 Å². The molecule has 0 fully saturated rings. The third kappa shape index (κ3) is 3.05. The Labute approximate surface area is 81.7 Å². The molecule has 3 nitrogen and oxygen atoms in total. The predicted molar refractivity (Wildman–Crippen MR) is 50.3 cm³/mol. The second-order valence-electron chi connectivity index (χ2n) is 3.03. The van der Waals surface area contributed by atoms with E-state index in [0.29, 0.717) is 0 Å². The van der Waals surface area contributed by atoms with Crippen LogP contribution in [0.4, 0.5) is 4.39 Å². The van der Waals surface area contributed by atoms with Gasteiger partial charge in [0.15, 0.2) is 11.6 Å². The highest BCUT2D eigenvalue weighted by Gasteiger charge is 2.09. The Morgan fingerprint density at radius 1 is 1.57 bits per heavy atom. The number of nitrogens with two attached hydrogens (primary N) is 1. The Morgan fingerprint density at radius 3 is 2.79 bits per heavy atom. The number of primary amides is 1. The maximum atomic E-state index is 13.0. The van der Waals surface area contributed by atoms with Crippen molar-refractivity contribution in [2.24, 2.45) is 5.73 Å². The van der Waals surface area contributed by atoms with E-state index in [1.54, 1.807) is 19.1 Å². The van der Waals surface area contributed by atoms with Gasteiger partial charge in [-0.15, -0.1) is 0 Å². The van der Waals surface area contributed by atoms with Crippen LogP contribution in [0.15, 0.2) is 24.3 Å². The van der Waals surface area contributed by atoms with Crippen molar-refractivity contribution >= 4 is 5.91 Å². The van der Waals surface area contributed by atoms with Gasteiger partial charge in [0.25, 0.3) is 0 Å². The Balaban J connectivity index is 2.60. The third-order valence-electron chi connectivity index (χ3n) is 1.65. The highest BCUT2D eigenvalue weighted by Crippen LogP contribution is 2.17. The number of amides is 1. The van der Waals surface area contributed by atoms with E-state index >= 15 is 0 Å². The molecule has 4 heteroatoms. The van der Waals surface area contributed by atoms with E-state index in [1.165, 1.54) is 12.1 Å². The predicted octanol–water partition coefficient (Wildman–Crippen LogP) is 1.47. The standard InChI is InChI=1S/C10H12FNO2/c1-7(6-10(12)13)14-9-5-3-2-4-8(9)11/h2-5,7H,6H2,1H3,(H2,12,13). The SMILES string of the molecule is CC(CC(N)=O)Oc1ccccc1F. The number of hydrogen-bond acceptors (Lipinski definition) is 2. The summed E-state index contributed by atoms with van der Waals surface area (Å²) in [5, 5.41) is 0. The lowest BCUT2D eigenvalue weighted by Crippen LogP contribution is -2.22. The van der Waals surface area contributed by atoms with Crippen molar-refractivity contribution in [2.45, 2.75) is 19.4 Å². The van der Waals surface area contributed by atoms with Crippen LogP contribution in [-0.4, -0.2) is 12.0 Å². The van der Waals surface area contributed by atoms with Crippen molar-refractivity contribution in [1.29, 1.82) is 0 Å². The molecule has 0 aliphatic carbocycles. The molecule has 0 aliphatic heterocycles. The Hall–Kier alpha value is -1.58. The Bertz CT molecular complexity index is 328. The van der Waals surface area contributed by atoms with Crippen molar-refractivity contribution in [3.8, 4) is 5.75 Å². The fraction of sp³-hybridized carbons (Fsp3) is 0.300. The lowest BCUT2D eigenvalue weighted by molar-refractivity contribution is -0.119. The van der Waals surface area contributed by atoms with Crippen LogP contribution < -0.4 is 10.5 Å². The topological polar surface area (TPSA) is 52.3 Å². The quantitative estimate of drug-likeness (QED) is 0.794. The Kier molecular flexibility index (Phi) is 3.45. The zero-order chi connectivity index (χ0) is 10.6. The minimum atomic E-state index is -0.464. The highest BCUT2D eigenvalue weighted by molar-refractivity contribution is 5.74. The van der Waals surface area contributed by atoms with Crippen LogP contribution in [0.5, 0.6) is 5.75 Å². The first-order valence-electron chi connectivity index (χ1n) is 4.29. The number of para-hydroxylation sites is 1. The van der Waals surface area contributed by atoms with E-state index in [1.807, 2.05) is 0 Å². The molecule has 0 radical (unpaired) electrons. The molecule has 2 N–H and O–H groups in total. The molecule has 1 aromatic rings. The van der Waals surface area contributed by atoms with Crippen LogP contribution in [0.3, 0.4) is 0 Å². The molecule has 0 heterocycles. The maximum Gasteiger partial charge on any atom is 0.221 e. The van der Waals surface area contributed by atoms with Gasteiger partial charge in [-0.25, -0.2) is 4.39 Å². The zero-order valence-electron chi connectivity index (χ0n) is 7.87. The van der Waals surface area contributed by atoms with Crippen molar-refractivity contribution < 1.29 is 13.9 Å².